The van der Waals surface area contributed by atoms with Crippen LogP contribution in [0.1, 0.15) is 0 Å². The van der Waals surface area contributed by atoms with Gasteiger partial charge in [0.1, 0.15) is 0 Å². The number of benzene rings is 1. The Morgan fingerprint density at radius 2 is 1.88 bits per heavy atom. The molecule has 0 aliphatic rings. The minimum absolute atomic E-state index is 0.0829. The lowest BCUT2D eigenvalue weighted by Crippen LogP contribution is -2.38. The molecule has 0 atom stereocenters. The van der Waals surface area contributed by atoms with E-state index in [2.05, 4.69) is 10.1 Å². The maximum Gasteiger partial charge on any atom is 0.344 e. The maximum atomic E-state index is 11.5. The Hall–Kier alpha value is -3.17. The summed E-state index contributed by atoms with van der Waals surface area (Å²) in [5, 5.41) is 13.1. The molecule has 0 heterocycles. The number of ether oxygens (including phenoxy) is 2. The molecule has 130 valence electrons. The Morgan fingerprint density at radius 3 is 2.50 bits per heavy atom. The molecule has 0 saturated heterocycles. The first-order valence-corrected chi connectivity index (χ1v) is 6.80. The molecular weight excluding hydrogens is 322 g/mol. The summed E-state index contributed by atoms with van der Waals surface area (Å²) in [6.45, 7) is -1.38. The Morgan fingerprint density at radius 1 is 1.21 bits per heavy atom. The first-order chi connectivity index (χ1) is 11.3. The van der Waals surface area contributed by atoms with Crippen LogP contribution in [0.5, 0.6) is 5.75 Å². The number of carbonyl (C=O) groups excluding carboxylic acids is 3. The lowest BCUT2D eigenvalue weighted by Gasteiger charge is -2.11. The van der Waals surface area contributed by atoms with E-state index in [-0.39, 0.29) is 23.9 Å². The summed E-state index contributed by atoms with van der Waals surface area (Å²) in [4.78, 5) is 45.6. The Balaban J connectivity index is 2.36. The average molecular weight is 339 g/mol. The molecule has 1 aromatic carbocycles. The van der Waals surface area contributed by atoms with Crippen molar-refractivity contribution in [3.8, 4) is 5.75 Å². The summed E-state index contributed by atoms with van der Waals surface area (Å²) >= 11 is 0. The minimum atomic E-state index is -0.873. The van der Waals surface area contributed by atoms with Crippen LogP contribution in [-0.4, -0.2) is 61.5 Å². The van der Waals surface area contributed by atoms with Crippen molar-refractivity contribution in [3.63, 3.8) is 0 Å². The fraction of sp³-hybridized carbons (Fsp3) is 0.357. The zero-order chi connectivity index (χ0) is 18.1. The molecule has 0 unspecified atom stereocenters. The summed E-state index contributed by atoms with van der Waals surface area (Å²) in [7, 11) is 3.07. The number of nitro groups is 1. The summed E-state index contributed by atoms with van der Waals surface area (Å²) in [6.07, 6.45) is 0. The van der Waals surface area contributed by atoms with Crippen molar-refractivity contribution >= 4 is 23.5 Å². The highest BCUT2D eigenvalue weighted by molar-refractivity contribution is 5.86. The lowest BCUT2D eigenvalue weighted by molar-refractivity contribution is -0.385. The number of amides is 2. The number of rotatable bonds is 8. The molecule has 10 heteroatoms. The van der Waals surface area contributed by atoms with Gasteiger partial charge in [0, 0.05) is 20.2 Å². The van der Waals surface area contributed by atoms with Crippen molar-refractivity contribution in [2.24, 2.45) is 0 Å². The van der Waals surface area contributed by atoms with Crippen LogP contribution >= 0.6 is 0 Å². The van der Waals surface area contributed by atoms with Crippen LogP contribution < -0.4 is 10.1 Å². The molecule has 0 aliphatic heterocycles. The van der Waals surface area contributed by atoms with E-state index in [0.717, 1.165) is 0 Å². The number of hydrogen-bond acceptors (Lipinski definition) is 7. The number of carbonyl (C=O) groups is 3. The van der Waals surface area contributed by atoms with E-state index >= 15 is 0 Å². The van der Waals surface area contributed by atoms with Crippen LogP contribution in [0.3, 0.4) is 0 Å². The quantitative estimate of drug-likeness (QED) is 0.392. The van der Waals surface area contributed by atoms with Gasteiger partial charge in [-0.05, 0) is 6.07 Å². The topological polar surface area (TPSA) is 128 Å². The van der Waals surface area contributed by atoms with E-state index in [0.29, 0.717) is 0 Å². The van der Waals surface area contributed by atoms with Crippen molar-refractivity contribution in [1.82, 2.24) is 10.2 Å². The molecule has 24 heavy (non-hydrogen) atoms. The van der Waals surface area contributed by atoms with E-state index in [4.69, 9.17) is 4.74 Å². The van der Waals surface area contributed by atoms with Crippen LogP contribution in [0.25, 0.3) is 0 Å². The van der Waals surface area contributed by atoms with Gasteiger partial charge in [-0.2, -0.15) is 0 Å². The average Bonchev–Trinajstić information content (AvgIpc) is 2.55. The molecule has 1 rings (SSSR count). The fourth-order valence-electron chi connectivity index (χ4n) is 1.44. The summed E-state index contributed by atoms with van der Waals surface area (Å²) < 4.78 is 9.66. The molecule has 0 radical (unpaired) electrons. The largest absolute Gasteiger partial charge is 0.475 e. The number of nitrogens with one attached hydrogen (secondary N) is 1. The van der Waals surface area contributed by atoms with Crippen molar-refractivity contribution in [2.45, 2.75) is 0 Å². The van der Waals surface area contributed by atoms with E-state index < -0.39 is 30.0 Å². The van der Waals surface area contributed by atoms with Gasteiger partial charge in [0.2, 0.25) is 5.91 Å². The van der Waals surface area contributed by atoms with Crippen molar-refractivity contribution in [3.05, 3.63) is 34.4 Å². The molecule has 0 spiro atoms. The third-order valence-electron chi connectivity index (χ3n) is 2.71. The molecular formula is C14H17N3O7. The lowest BCUT2D eigenvalue weighted by atomic mass is 10.3. The van der Waals surface area contributed by atoms with Gasteiger partial charge in [-0.15, -0.1) is 0 Å². The second kappa shape index (κ2) is 9.08. The summed E-state index contributed by atoms with van der Waals surface area (Å²) in [5.41, 5.74) is -0.287. The molecule has 10 nitrogen and oxygen atoms in total. The zero-order valence-electron chi connectivity index (χ0n) is 13.2. The zero-order valence-corrected chi connectivity index (χ0v) is 13.2. The van der Waals surface area contributed by atoms with E-state index in [1.54, 1.807) is 0 Å². The molecule has 1 N–H and O–H groups in total. The van der Waals surface area contributed by atoms with Crippen molar-refractivity contribution in [1.29, 1.82) is 0 Å². The van der Waals surface area contributed by atoms with Crippen LogP contribution in [0.15, 0.2) is 24.3 Å². The number of hydrogen-bond donors (Lipinski definition) is 1. The Kier molecular flexibility index (Phi) is 7.14. The van der Waals surface area contributed by atoms with Gasteiger partial charge in [-0.1, -0.05) is 12.1 Å². The highest BCUT2D eigenvalue weighted by Crippen LogP contribution is 2.25. The molecule has 0 aliphatic carbocycles. The molecule has 0 bridgehead atoms. The highest BCUT2D eigenvalue weighted by atomic mass is 16.6. The third-order valence-corrected chi connectivity index (χ3v) is 2.71. The Bertz CT molecular complexity index is 631. The van der Waals surface area contributed by atoms with Gasteiger partial charge in [-0.3, -0.25) is 19.7 Å². The summed E-state index contributed by atoms with van der Waals surface area (Å²) in [6, 6.07) is 5.55. The maximum absolute atomic E-state index is 11.5. The van der Waals surface area contributed by atoms with Gasteiger partial charge < -0.3 is 19.7 Å². The predicted molar refractivity (Wildman–Crippen MR) is 81.3 cm³/mol. The van der Waals surface area contributed by atoms with Gasteiger partial charge >= 0.3 is 11.7 Å². The SMILES string of the molecule is CN(C)C(=O)CNC(=O)COC(=O)COc1ccccc1[N+](=O)[O-]. The first-order valence-electron chi connectivity index (χ1n) is 6.80. The normalized spacial score (nSPS) is 9.75. The number of para-hydroxylation sites is 2. The predicted octanol–water partition coefficient (Wildman–Crippen LogP) is -0.279. The minimum Gasteiger partial charge on any atom is -0.475 e. The van der Waals surface area contributed by atoms with Crippen molar-refractivity contribution < 1.29 is 28.8 Å². The van der Waals surface area contributed by atoms with Crippen molar-refractivity contribution in [2.75, 3.05) is 33.9 Å². The van der Waals surface area contributed by atoms with E-state index in [1.807, 2.05) is 0 Å². The van der Waals surface area contributed by atoms with Crippen LogP contribution in [-0.2, 0) is 19.1 Å². The first kappa shape index (κ1) is 18.9. The fourth-order valence-corrected chi connectivity index (χ4v) is 1.44. The monoisotopic (exact) mass is 339 g/mol. The second-order valence-electron chi connectivity index (χ2n) is 4.74. The molecule has 2 amide bonds. The van der Waals surface area contributed by atoms with Gasteiger partial charge in [-0.25, -0.2) is 4.79 Å². The number of nitrogens with zero attached hydrogens (tertiary/aromatic N) is 2. The second-order valence-corrected chi connectivity index (χ2v) is 4.74. The van der Waals surface area contributed by atoms with Gasteiger partial charge in [0.05, 0.1) is 11.5 Å². The van der Waals surface area contributed by atoms with Crippen LogP contribution in [0.2, 0.25) is 0 Å². The van der Waals surface area contributed by atoms with E-state index in [9.17, 15) is 24.5 Å². The Labute approximate surface area is 137 Å². The van der Waals surface area contributed by atoms with E-state index in [1.165, 1.54) is 43.3 Å². The number of nitro benzene ring substituents is 1. The smallest absolute Gasteiger partial charge is 0.344 e. The standard InChI is InChI=1S/C14H17N3O7/c1-16(2)13(19)7-15-12(18)8-24-14(20)9-23-11-6-4-3-5-10(11)17(21)22/h3-6H,7-9H2,1-2H3,(H,15,18). The molecule has 1 aromatic rings. The molecule has 0 aromatic heterocycles. The number of esters is 1. The van der Waals surface area contributed by atoms with Crippen LogP contribution in [0.4, 0.5) is 5.69 Å². The highest BCUT2D eigenvalue weighted by Gasteiger charge is 2.16. The number of likely N-dealkylation sites (N-methyl/N-ethyl adjacent to an activating group) is 1. The van der Waals surface area contributed by atoms with Gasteiger partial charge in [0.15, 0.2) is 19.0 Å². The summed E-state index contributed by atoms with van der Waals surface area (Å²) in [5.74, 6) is -1.92. The molecule has 0 saturated carbocycles. The van der Waals surface area contributed by atoms with Crippen LogP contribution in [0, 0.1) is 10.1 Å². The third kappa shape index (κ3) is 6.30. The molecule has 0 fully saturated rings. The van der Waals surface area contributed by atoms with Gasteiger partial charge in [0.25, 0.3) is 5.91 Å².